The van der Waals surface area contributed by atoms with Crippen LogP contribution in [0.4, 0.5) is 5.69 Å². The van der Waals surface area contributed by atoms with Crippen LogP contribution in [0.25, 0.3) is 10.9 Å². The molecule has 0 amide bonds. The maximum absolute atomic E-state index is 5.89. The summed E-state index contributed by atoms with van der Waals surface area (Å²) in [7, 11) is 0. The third kappa shape index (κ3) is 1.21. The zero-order chi connectivity index (χ0) is 10.1. The van der Waals surface area contributed by atoms with Crippen LogP contribution in [0.2, 0.25) is 0 Å². The summed E-state index contributed by atoms with van der Waals surface area (Å²) in [6, 6.07) is 5.84. The summed E-state index contributed by atoms with van der Waals surface area (Å²) in [4.78, 5) is 3.20. The minimum absolute atomic E-state index is 0.660. The van der Waals surface area contributed by atoms with Crippen LogP contribution in [0.15, 0.2) is 18.2 Å². The smallest absolute Gasteiger partial charge is 0.194 e. The van der Waals surface area contributed by atoms with Crippen molar-refractivity contribution in [3.05, 3.63) is 23.8 Å². The van der Waals surface area contributed by atoms with Crippen LogP contribution in [0.3, 0.4) is 0 Å². The predicted octanol–water partition coefficient (Wildman–Crippen LogP) is 2.46. The monoisotopic (exact) mass is 190 g/mol. The average Bonchev–Trinajstić information content (AvgIpc) is 2.46. The molecule has 2 aromatic rings. The number of H-pyrrole nitrogens is 1. The fourth-order valence-electron chi connectivity index (χ4n) is 1.71. The number of nitrogen functional groups attached to an aromatic ring is 1. The number of ether oxygens (including phenoxy) is 1. The molecule has 0 fully saturated rings. The summed E-state index contributed by atoms with van der Waals surface area (Å²) >= 11 is 0. The molecule has 1 heterocycles. The summed E-state index contributed by atoms with van der Waals surface area (Å²) in [5.41, 5.74) is 8.80. The van der Waals surface area contributed by atoms with E-state index in [0.717, 1.165) is 28.0 Å². The van der Waals surface area contributed by atoms with Crippen molar-refractivity contribution >= 4 is 16.6 Å². The third-order valence-electron chi connectivity index (χ3n) is 2.35. The Morgan fingerprint density at radius 1 is 1.43 bits per heavy atom. The van der Waals surface area contributed by atoms with Gasteiger partial charge in [0.25, 0.3) is 0 Å². The van der Waals surface area contributed by atoms with E-state index in [1.807, 2.05) is 32.0 Å². The first-order chi connectivity index (χ1) is 6.74. The molecule has 3 N–H and O–H groups in total. The molecule has 0 aliphatic heterocycles. The highest BCUT2D eigenvalue weighted by atomic mass is 16.5. The maximum Gasteiger partial charge on any atom is 0.194 e. The SMILES string of the molecule is CCOc1[nH]c2cccc(N)c2c1C. The molecular weight excluding hydrogens is 176 g/mol. The van der Waals surface area contributed by atoms with Gasteiger partial charge in [-0.25, -0.2) is 0 Å². The van der Waals surface area contributed by atoms with Gasteiger partial charge in [-0.3, -0.25) is 0 Å². The van der Waals surface area contributed by atoms with Crippen molar-refractivity contribution in [1.82, 2.24) is 4.98 Å². The second-order valence-electron chi connectivity index (χ2n) is 3.28. The Bertz CT molecular complexity index is 460. The van der Waals surface area contributed by atoms with E-state index >= 15 is 0 Å². The largest absolute Gasteiger partial charge is 0.479 e. The molecule has 1 aromatic heterocycles. The Hall–Kier alpha value is -1.64. The molecular formula is C11H14N2O. The van der Waals surface area contributed by atoms with Crippen LogP contribution in [-0.2, 0) is 0 Å². The minimum Gasteiger partial charge on any atom is -0.479 e. The lowest BCUT2D eigenvalue weighted by molar-refractivity contribution is 0.327. The van der Waals surface area contributed by atoms with Crippen LogP contribution < -0.4 is 10.5 Å². The Kier molecular flexibility index (Phi) is 2.08. The van der Waals surface area contributed by atoms with Crippen LogP contribution in [0, 0.1) is 6.92 Å². The molecule has 1 aromatic carbocycles. The first-order valence-electron chi connectivity index (χ1n) is 4.73. The van der Waals surface area contributed by atoms with Crippen LogP contribution in [-0.4, -0.2) is 11.6 Å². The number of benzene rings is 1. The normalized spacial score (nSPS) is 10.7. The molecule has 0 spiro atoms. The van der Waals surface area contributed by atoms with Gasteiger partial charge in [-0.15, -0.1) is 0 Å². The fraction of sp³-hybridized carbons (Fsp3) is 0.273. The number of aromatic nitrogens is 1. The molecule has 0 saturated heterocycles. The van der Waals surface area contributed by atoms with E-state index in [1.165, 1.54) is 0 Å². The zero-order valence-corrected chi connectivity index (χ0v) is 8.42. The number of nitrogens with two attached hydrogens (primary N) is 1. The number of aryl methyl sites for hydroxylation is 1. The molecule has 0 unspecified atom stereocenters. The van der Waals surface area contributed by atoms with Crippen molar-refractivity contribution in [1.29, 1.82) is 0 Å². The Labute approximate surface area is 82.9 Å². The molecule has 2 rings (SSSR count). The molecule has 0 radical (unpaired) electrons. The zero-order valence-electron chi connectivity index (χ0n) is 8.42. The van der Waals surface area contributed by atoms with Crippen LogP contribution in [0.5, 0.6) is 5.88 Å². The van der Waals surface area contributed by atoms with Gasteiger partial charge in [0.1, 0.15) is 0 Å². The lowest BCUT2D eigenvalue weighted by atomic mass is 10.1. The van der Waals surface area contributed by atoms with Crippen molar-refractivity contribution in [2.24, 2.45) is 0 Å². The van der Waals surface area contributed by atoms with E-state index in [4.69, 9.17) is 10.5 Å². The molecule has 0 aliphatic rings. The van der Waals surface area contributed by atoms with Crippen LogP contribution in [0.1, 0.15) is 12.5 Å². The van der Waals surface area contributed by atoms with E-state index in [2.05, 4.69) is 4.98 Å². The number of hydrogen-bond donors (Lipinski definition) is 2. The summed E-state index contributed by atoms with van der Waals surface area (Å²) in [6.45, 7) is 4.64. The van der Waals surface area contributed by atoms with Gasteiger partial charge in [0.05, 0.1) is 12.1 Å². The van der Waals surface area contributed by atoms with E-state index < -0.39 is 0 Å². The molecule has 0 aliphatic carbocycles. The number of fused-ring (bicyclic) bond motifs is 1. The first kappa shape index (κ1) is 8.94. The minimum atomic E-state index is 0.660. The second kappa shape index (κ2) is 3.25. The topological polar surface area (TPSA) is 51.0 Å². The molecule has 3 nitrogen and oxygen atoms in total. The van der Waals surface area contributed by atoms with Gasteiger partial charge in [-0.05, 0) is 26.0 Å². The van der Waals surface area contributed by atoms with E-state index in [1.54, 1.807) is 0 Å². The summed E-state index contributed by atoms with van der Waals surface area (Å²) in [5.74, 6) is 0.820. The van der Waals surface area contributed by atoms with Gasteiger partial charge in [0, 0.05) is 16.6 Å². The van der Waals surface area contributed by atoms with Crippen molar-refractivity contribution in [3.63, 3.8) is 0 Å². The van der Waals surface area contributed by atoms with Gasteiger partial charge in [0.15, 0.2) is 5.88 Å². The number of nitrogens with one attached hydrogen (secondary N) is 1. The molecule has 74 valence electrons. The highest BCUT2D eigenvalue weighted by molar-refractivity contribution is 5.95. The molecule has 3 heteroatoms. The number of rotatable bonds is 2. The standard InChI is InChI=1S/C11H14N2O/c1-3-14-11-7(2)10-8(12)5-4-6-9(10)13-11/h4-6,13H,3,12H2,1-2H3. The fourth-order valence-corrected chi connectivity index (χ4v) is 1.71. The third-order valence-corrected chi connectivity index (χ3v) is 2.35. The van der Waals surface area contributed by atoms with Crippen molar-refractivity contribution < 1.29 is 4.74 Å². The van der Waals surface area contributed by atoms with Crippen LogP contribution >= 0.6 is 0 Å². The first-order valence-corrected chi connectivity index (χ1v) is 4.73. The average molecular weight is 190 g/mol. The highest BCUT2D eigenvalue weighted by Gasteiger charge is 2.09. The lowest BCUT2D eigenvalue weighted by Crippen LogP contribution is -1.92. The van der Waals surface area contributed by atoms with Crippen molar-refractivity contribution in [2.45, 2.75) is 13.8 Å². The predicted molar refractivity (Wildman–Crippen MR) is 58.6 cm³/mol. The van der Waals surface area contributed by atoms with E-state index in [9.17, 15) is 0 Å². The second-order valence-corrected chi connectivity index (χ2v) is 3.28. The van der Waals surface area contributed by atoms with Gasteiger partial charge < -0.3 is 15.5 Å². The van der Waals surface area contributed by atoms with Gasteiger partial charge in [-0.2, -0.15) is 0 Å². The Morgan fingerprint density at radius 3 is 2.86 bits per heavy atom. The highest BCUT2D eigenvalue weighted by Crippen LogP contribution is 2.30. The summed E-state index contributed by atoms with van der Waals surface area (Å²) in [6.07, 6.45) is 0. The summed E-state index contributed by atoms with van der Waals surface area (Å²) in [5, 5.41) is 1.07. The summed E-state index contributed by atoms with van der Waals surface area (Å²) < 4.78 is 5.47. The quantitative estimate of drug-likeness (QED) is 0.715. The van der Waals surface area contributed by atoms with Crippen molar-refractivity contribution in [2.75, 3.05) is 12.3 Å². The van der Waals surface area contributed by atoms with Crippen molar-refractivity contribution in [3.8, 4) is 5.88 Å². The Morgan fingerprint density at radius 2 is 2.21 bits per heavy atom. The number of anilines is 1. The molecule has 0 saturated carbocycles. The molecule has 0 atom stereocenters. The van der Waals surface area contributed by atoms with E-state index in [0.29, 0.717) is 6.61 Å². The van der Waals surface area contributed by atoms with E-state index in [-0.39, 0.29) is 0 Å². The Balaban J connectivity index is 2.68. The molecule has 14 heavy (non-hydrogen) atoms. The van der Waals surface area contributed by atoms with Gasteiger partial charge in [-0.1, -0.05) is 6.07 Å². The lowest BCUT2D eigenvalue weighted by Gasteiger charge is -2.00. The van der Waals surface area contributed by atoms with Gasteiger partial charge in [0.2, 0.25) is 0 Å². The maximum atomic E-state index is 5.89. The molecule has 0 bridgehead atoms. The number of aromatic amines is 1. The van der Waals surface area contributed by atoms with Gasteiger partial charge >= 0.3 is 0 Å². The number of hydrogen-bond acceptors (Lipinski definition) is 2.